The number of thiol groups is 1. The molecule has 154 valence electrons. The number of nitrogens with zero attached hydrogens (tertiary/aromatic N) is 1. The molecule has 0 radical (unpaired) electrons. The fourth-order valence-corrected chi connectivity index (χ4v) is 4.29. The molecule has 0 amide bonds. The van der Waals surface area contributed by atoms with Crippen LogP contribution in [-0.4, -0.2) is 44.4 Å². The Hall–Kier alpha value is -1.43. The van der Waals surface area contributed by atoms with E-state index in [4.69, 9.17) is 9.47 Å². The molecule has 0 aliphatic carbocycles. The molecule has 2 heterocycles. The third-order valence-corrected chi connectivity index (χ3v) is 6.35. The van der Waals surface area contributed by atoms with Gasteiger partial charge in [-0.25, -0.2) is 0 Å². The molecule has 0 saturated carbocycles. The first-order chi connectivity index (χ1) is 13.6. The highest BCUT2D eigenvalue weighted by molar-refractivity contribution is 7.83. The minimum absolute atomic E-state index is 0.120. The van der Waals surface area contributed by atoms with E-state index in [2.05, 4.69) is 53.7 Å². The predicted octanol–water partition coefficient (Wildman–Crippen LogP) is 4.49. The van der Waals surface area contributed by atoms with Crippen molar-refractivity contribution in [2.24, 2.45) is 0 Å². The third-order valence-electron chi connectivity index (χ3n) is 5.96. The number of rotatable bonds is 9. The lowest BCUT2D eigenvalue weighted by molar-refractivity contribution is 0.0603. The average molecular weight is 403 g/mol. The summed E-state index contributed by atoms with van der Waals surface area (Å²) in [5, 5.41) is 5.20. The maximum absolute atomic E-state index is 5.97. The largest absolute Gasteiger partial charge is 0.494 e. The number of hydrogen-bond acceptors (Lipinski definition) is 5. The van der Waals surface area contributed by atoms with Crippen LogP contribution in [0.5, 0.6) is 5.75 Å². The van der Waals surface area contributed by atoms with Gasteiger partial charge in [0.1, 0.15) is 5.75 Å². The number of nitrogens with one attached hydrogen (secondary N) is 1. The Bertz CT molecular complexity index is 660. The molecule has 0 unspecified atom stereocenters. The molecule has 4 nitrogen and oxygen atoms in total. The van der Waals surface area contributed by atoms with Crippen molar-refractivity contribution in [3.8, 4) is 5.75 Å². The molecule has 2 fully saturated rings. The number of ether oxygens (including phenoxy) is 2. The number of hydrogen-bond donors (Lipinski definition) is 2. The van der Waals surface area contributed by atoms with Crippen LogP contribution < -0.4 is 10.1 Å². The number of allylic oxidation sites excluding steroid dienone is 2. The summed E-state index contributed by atoms with van der Waals surface area (Å²) in [6.45, 7) is 12.3. The summed E-state index contributed by atoms with van der Waals surface area (Å²) >= 11 is 4.24. The van der Waals surface area contributed by atoms with Crippen molar-refractivity contribution in [3.05, 3.63) is 53.2 Å². The van der Waals surface area contributed by atoms with Crippen LogP contribution in [0, 0.1) is 0 Å². The molecule has 2 aliphatic rings. The van der Waals surface area contributed by atoms with Gasteiger partial charge in [-0.3, -0.25) is 0 Å². The van der Waals surface area contributed by atoms with Gasteiger partial charge in [0.05, 0.1) is 6.61 Å². The van der Waals surface area contributed by atoms with E-state index in [0.717, 1.165) is 62.8 Å². The van der Waals surface area contributed by atoms with E-state index in [9.17, 15) is 0 Å². The van der Waals surface area contributed by atoms with E-state index >= 15 is 0 Å². The van der Waals surface area contributed by atoms with Crippen molar-refractivity contribution in [2.75, 3.05) is 39.5 Å². The Morgan fingerprint density at radius 1 is 1.25 bits per heavy atom. The molecule has 2 saturated heterocycles. The van der Waals surface area contributed by atoms with Crippen LogP contribution in [-0.2, 0) is 10.2 Å². The molecular formula is C23H34N2O2S. The fraction of sp³-hybridized carbons (Fsp3) is 0.565. The lowest BCUT2D eigenvalue weighted by atomic mass is 9.72. The molecular weight excluding hydrogens is 368 g/mol. The van der Waals surface area contributed by atoms with Crippen LogP contribution in [0.4, 0.5) is 0 Å². The highest BCUT2D eigenvalue weighted by Gasteiger charge is 2.37. The standard InChI is InChI=1S/C23H34N2O2S/c1-19(18-28)24-20(2)23(10-16-26-17-11-23)21-6-8-22(9-7-21)27-15-5-14-25-12-3-4-13-25/h6-9,18,24,28H,2-5,10-17H2,1H3/b19-18-. The van der Waals surface area contributed by atoms with E-state index < -0.39 is 0 Å². The fourth-order valence-electron chi connectivity index (χ4n) is 4.23. The van der Waals surface area contributed by atoms with Gasteiger partial charge >= 0.3 is 0 Å². The van der Waals surface area contributed by atoms with E-state index in [1.165, 1.54) is 31.5 Å². The molecule has 3 rings (SSSR count). The van der Waals surface area contributed by atoms with E-state index in [1.807, 2.05) is 6.92 Å². The maximum atomic E-state index is 5.97. The molecule has 0 spiro atoms. The van der Waals surface area contributed by atoms with Crippen molar-refractivity contribution in [3.63, 3.8) is 0 Å². The highest BCUT2D eigenvalue weighted by Crippen LogP contribution is 2.40. The summed E-state index contributed by atoms with van der Waals surface area (Å²) in [6.07, 6.45) is 5.62. The Morgan fingerprint density at radius 3 is 2.57 bits per heavy atom. The summed E-state index contributed by atoms with van der Waals surface area (Å²) in [5.41, 5.74) is 3.16. The van der Waals surface area contributed by atoms with Crippen molar-refractivity contribution < 1.29 is 9.47 Å². The molecule has 5 heteroatoms. The monoisotopic (exact) mass is 402 g/mol. The zero-order valence-electron chi connectivity index (χ0n) is 17.1. The first-order valence-electron chi connectivity index (χ1n) is 10.4. The second kappa shape index (κ2) is 10.4. The Kier molecular flexibility index (Phi) is 7.89. The minimum atomic E-state index is -0.120. The first-order valence-corrected chi connectivity index (χ1v) is 11.0. The normalized spacial score (nSPS) is 20.1. The predicted molar refractivity (Wildman–Crippen MR) is 119 cm³/mol. The lowest BCUT2D eigenvalue weighted by Gasteiger charge is -2.40. The van der Waals surface area contributed by atoms with Gasteiger partial charge in [0.2, 0.25) is 0 Å². The van der Waals surface area contributed by atoms with Gasteiger partial charge in [-0.05, 0) is 75.2 Å². The Labute approximate surface area is 175 Å². The quantitative estimate of drug-likeness (QED) is 0.471. The van der Waals surface area contributed by atoms with Gasteiger partial charge in [-0.2, -0.15) is 0 Å². The first kappa shape index (κ1) is 21.3. The van der Waals surface area contributed by atoms with Gasteiger partial charge < -0.3 is 19.7 Å². The van der Waals surface area contributed by atoms with Crippen molar-refractivity contribution >= 4 is 12.6 Å². The molecule has 2 aliphatic heterocycles. The van der Waals surface area contributed by atoms with Crippen LogP contribution in [0.2, 0.25) is 0 Å². The van der Waals surface area contributed by atoms with Gasteiger partial charge in [0.25, 0.3) is 0 Å². The zero-order valence-corrected chi connectivity index (χ0v) is 18.0. The Balaban J connectivity index is 1.60. The topological polar surface area (TPSA) is 33.7 Å². The van der Waals surface area contributed by atoms with E-state index in [-0.39, 0.29) is 5.41 Å². The second-order valence-corrected chi connectivity index (χ2v) is 8.14. The smallest absolute Gasteiger partial charge is 0.119 e. The van der Waals surface area contributed by atoms with Gasteiger partial charge in [0, 0.05) is 36.6 Å². The molecule has 1 aromatic carbocycles. The van der Waals surface area contributed by atoms with Gasteiger partial charge in [-0.1, -0.05) is 18.7 Å². The highest BCUT2D eigenvalue weighted by atomic mass is 32.1. The van der Waals surface area contributed by atoms with Gasteiger partial charge in [0.15, 0.2) is 0 Å². The number of likely N-dealkylation sites (tertiary alicyclic amines) is 1. The summed E-state index contributed by atoms with van der Waals surface area (Å²) in [6, 6.07) is 8.56. The number of benzene rings is 1. The summed E-state index contributed by atoms with van der Waals surface area (Å²) in [7, 11) is 0. The summed E-state index contributed by atoms with van der Waals surface area (Å²) in [4.78, 5) is 2.53. The molecule has 1 aromatic rings. The van der Waals surface area contributed by atoms with Crippen LogP contribution in [0.25, 0.3) is 0 Å². The molecule has 0 atom stereocenters. The molecule has 0 bridgehead atoms. The van der Waals surface area contributed by atoms with Crippen LogP contribution in [0.15, 0.2) is 47.6 Å². The van der Waals surface area contributed by atoms with Crippen molar-refractivity contribution in [1.29, 1.82) is 0 Å². The van der Waals surface area contributed by atoms with E-state index in [0.29, 0.717) is 0 Å². The molecule has 0 aromatic heterocycles. The summed E-state index contributed by atoms with van der Waals surface area (Å²) < 4.78 is 11.6. The van der Waals surface area contributed by atoms with Gasteiger partial charge in [-0.15, -0.1) is 12.6 Å². The summed E-state index contributed by atoms with van der Waals surface area (Å²) in [5.74, 6) is 0.942. The van der Waals surface area contributed by atoms with E-state index in [1.54, 1.807) is 5.41 Å². The van der Waals surface area contributed by atoms with Crippen LogP contribution in [0.1, 0.15) is 44.6 Å². The SMILES string of the molecule is C=C(N/C(C)=C\S)C1(c2ccc(OCCCN3CCCC3)cc2)CCOCC1. The lowest BCUT2D eigenvalue weighted by Crippen LogP contribution is -2.40. The maximum Gasteiger partial charge on any atom is 0.119 e. The molecule has 28 heavy (non-hydrogen) atoms. The van der Waals surface area contributed by atoms with Crippen molar-refractivity contribution in [1.82, 2.24) is 10.2 Å². The average Bonchev–Trinajstić information content (AvgIpc) is 3.25. The van der Waals surface area contributed by atoms with Crippen LogP contribution in [0.3, 0.4) is 0 Å². The zero-order chi connectivity index (χ0) is 19.8. The minimum Gasteiger partial charge on any atom is -0.494 e. The van der Waals surface area contributed by atoms with Crippen molar-refractivity contribution in [2.45, 2.75) is 44.4 Å². The molecule has 1 N–H and O–H groups in total. The Morgan fingerprint density at radius 2 is 1.93 bits per heavy atom. The second-order valence-electron chi connectivity index (χ2n) is 7.89. The third kappa shape index (κ3) is 5.34. The van der Waals surface area contributed by atoms with Crippen LogP contribution >= 0.6 is 12.6 Å².